The summed E-state index contributed by atoms with van der Waals surface area (Å²) in [6.07, 6.45) is 1.14. The number of likely N-dealkylation sites (tertiary alicyclic amines) is 1. The summed E-state index contributed by atoms with van der Waals surface area (Å²) < 4.78 is 5.17. The molecule has 1 aliphatic heterocycles. The van der Waals surface area contributed by atoms with E-state index in [9.17, 15) is 0 Å². The second-order valence-corrected chi connectivity index (χ2v) is 5.12. The van der Waals surface area contributed by atoms with Crippen molar-refractivity contribution in [3.05, 3.63) is 11.9 Å². The van der Waals surface area contributed by atoms with Gasteiger partial charge in [-0.1, -0.05) is 6.92 Å². The maximum absolute atomic E-state index is 5.17. The zero-order valence-corrected chi connectivity index (χ0v) is 11.6. The molecule has 0 saturated carbocycles. The van der Waals surface area contributed by atoms with E-state index in [-0.39, 0.29) is 0 Å². The average molecular weight is 250 g/mol. The quantitative estimate of drug-likeness (QED) is 0.882. The first-order valence-corrected chi connectivity index (χ1v) is 6.43. The fraction of sp³-hybridized carbons (Fsp3) is 0.692. The first kappa shape index (κ1) is 13.1. The highest BCUT2D eigenvalue weighted by molar-refractivity contribution is 5.39. The first-order chi connectivity index (χ1) is 8.58. The van der Waals surface area contributed by atoms with E-state index in [0.29, 0.717) is 17.8 Å². The van der Waals surface area contributed by atoms with E-state index < -0.39 is 0 Å². The van der Waals surface area contributed by atoms with Gasteiger partial charge in [0.25, 0.3) is 0 Å². The molecule has 2 unspecified atom stereocenters. The summed E-state index contributed by atoms with van der Waals surface area (Å²) >= 11 is 0. The van der Waals surface area contributed by atoms with E-state index >= 15 is 0 Å². The number of aryl methyl sites for hydroxylation is 1. The maximum Gasteiger partial charge on any atom is 0.218 e. The molecule has 0 aromatic carbocycles. The number of rotatable bonds is 3. The van der Waals surface area contributed by atoms with Crippen LogP contribution in [0.2, 0.25) is 0 Å². The number of hydrogen-bond donors (Lipinski definition) is 1. The molecule has 0 aliphatic carbocycles. The molecular weight excluding hydrogens is 228 g/mol. The van der Waals surface area contributed by atoms with Gasteiger partial charge in [0.1, 0.15) is 11.6 Å². The Morgan fingerprint density at radius 3 is 2.89 bits per heavy atom. The molecule has 1 aliphatic rings. The molecule has 0 bridgehead atoms. The highest BCUT2D eigenvalue weighted by Gasteiger charge is 2.24. The zero-order valence-electron chi connectivity index (χ0n) is 11.6. The van der Waals surface area contributed by atoms with Crippen LogP contribution in [-0.2, 0) is 0 Å². The van der Waals surface area contributed by atoms with E-state index in [2.05, 4.69) is 34.2 Å². The van der Waals surface area contributed by atoms with Crippen LogP contribution < -0.4 is 10.1 Å². The molecule has 5 nitrogen and oxygen atoms in total. The van der Waals surface area contributed by atoms with Crippen LogP contribution in [0.15, 0.2) is 6.07 Å². The third-order valence-electron chi connectivity index (χ3n) is 3.47. The fourth-order valence-electron chi connectivity index (χ4n) is 2.48. The Morgan fingerprint density at radius 2 is 2.22 bits per heavy atom. The van der Waals surface area contributed by atoms with Crippen LogP contribution in [0.1, 0.15) is 19.2 Å². The minimum Gasteiger partial charge on any atom is -0.481 e. The topological polar surface area (TPSA) is 50.3 Å². The number of ether oxygens (including phenoxy) is 1. The number of methoxy groups -OCH3 is 1. The van der Waals surface area contributed by atoms with Gasteiger partial charge in [0, 0.05) is 18.7 Å². The Bertz CT molecular complexity index is 410. The largest absolute Gasteiger partial charge is 0.481 e. The van der Waals surface area contributed by atoms with Crippen LogP contribution in [0.3, 0.4) is 0 Å². The second-order valence-electron chi connectivity index (χ2n) is 5.12. The summed E-state index contributed by atoms with van der Waals surface area (Å²) in [5, 5.41) is 3.51. The summed E-state index contributed by atoms with van der Waals surface area (Å²) in [6, 6.07) is 2.33. The van der Waals surface area contributed by atoms with Crippen LogP contribution in [0.25, 0.3) is 0 Å². The van der Waals surface area contributed by atoms with Gasteiger partial charge in [0.15, 0.2) is 0 Å². The normalized spacial score (nSPS) is 24.9. The van der Waals surface area contributed by atoms with Gasteiger partial charge in [-0.3, -0.25) is 0 Å². The van der Waals surface area contributed by atoms with Crippen LogP contribution in [-0.4, -0.2) is 48.2 Å². The molecule has 0 radical (unpaired) electrons. The Hall–Kier alpha value is -1.36. The molecule has 2 rings (SSSR count). The number of nitrogens with zero attached hydrogens (tertiary/aromatic N) is 3. The number of piperidine rings is 1. The predicted octanol–water partition coefficient (Wildman–Crippen LogP) is 1.55. The van der Waals surface area contributed by atoms with E-state index in [4.69, 9.17) is 4.74 Å². The van der Waals surface area contributed by atoms with Crippen molar-refractivity contribution in [2.45, 2.75) is 26.3 Å². The van der Waals surface area contributed by atoms with E-state index in [0.717, 1.165) is 31.2 Å². The lowest BCUT2D eigenvalue weighted by molar-refractivity contribution is 0.206. The molecular formula is C13H22N4O. The molecule has 5 heteroatoms. The Labute approximate surface area is 109 Å². The summed E-state index contributed by atoms with van der Waals surface area (Å²) in [7, 11) is 3.80. The Morgan fingerprint density at radius 1 is 1.44 bits per heavy atom. The van der Waals surface area contributed by atoms with Gasteiger partial charge in [-0.25, -0.2) is 4.98 Å². The minimum atomic E-state index is 0.472. The highest BCUT2D eigenvalue weighted by atomic mass is 16.5. The maximum atomic E-state index is 5.17. The molecule has 2 atom stereocenters. The van der Waals surface area contributed by atoms with Crippen LogP contribution in [0.5, 0.6) is 5.88 Å². The molecule has 1 N–H and O–H groups in total. The number of anilines is 1. The van der Waals surface area contributed by atoms with E-state index in [1.54, 1.807) is 7.11 Å². The smallest absolute Gasteiger partial charge is 0.218 e. The van der Waals surface area contributed by atoms with Gasteiger partial charge >= 0.3 is 0 Å². The van der Waals surface area contributed by atoms with Gasteiger partial charge in [0.05, 0.1) is 7.11 Å². The van der Waals surface area contributed by atoms with Gasteiger partial charge in [-0.15, -0.1) is 0 Å². The molecule has 1 saturated heterocycles. The number of nitrogens with one attached hydrogen (secondary N) is 1. The van der Waals surface area contributed by atoms with Gasteiger partial charge in [0.2, 0.25) is 5.88 Å². The summed E-state index contributed by atoms with van der Waals surface area (Å²) in [4.78, 5) is 11.0. The Balaban J connectivity index is 2.06. The zero-order chi connectivity index (χ0) is 13.1. The molecule has 2 heterocycles. The SMILES string of the molecule is COc1cc(NC2CCN(C)CC2C)nc(C)n1. The summed E-state index contributed by atoms with van der Waals surface area (Å²) in [5.41, 5.74) is 0. The van der Waals surface area contributed by atoms with Crippen molar-refractivity contribution >= 4 is 5.82 Å². The van der Waals surface area contributed by atoms with Crippen LogP contribution in [0, 0.1) is 12.8 Å². The Kier molecular flexibility index (Phi) is 4.01. The third kappa shape index (κ3) is 3.10. The number of aromatic nitrogens is 2. The van der Waals surface area contributed by atoms with Crippen molar-refractivity contribution in [1.29, 1.82) is 0 Å². The van der Waals surface area contributed by atoms with Crippen molar-refractivity contribution in [3.8, 4) is 5.88 Å². The van der Waals surface area contributed by atoms with Crippen molar-refractivity contribution in [2.75, 3.05) is 32.6 Å². The summed E-state index contributed by atoms with van der Waals surface area (Å²) in [6.45, 7) is 6.41. The predicted molar refractivity (Wildman–Crippen MR) is 72.0 cm³/mol. The fourth-order valence-corrected chi connectivity index (χ4v) is 2.48. The highest BCUT2D eigenvalue weighted by Crippen LogP contribution is 2.21. The monoisotopic (exact) mass is 250 g/mol. The molecule has 0 amide bonds. The first-order valence-electron chi connectivity index (χ1n) is 6.43. The molecule has 1 aromatic heterocycles. The van der Waals surface area contributed by atoms with Crippen molar-refractivity contribution < 1.29 is 4.74 Å². The van der Waals surface area contributed by atoms with Crippen molar-refractivity contribution in [1.82, 2.24) is 14.9 Å². The standard InChI is InChI=1S/C13H22N4O/c1-9-8-17(3)6-5-11(9)16-12-7-13(18-4)15-10(2)14-12/h7,9,11H,5-6,8H2,1-4H3,(H,14,15,16). The van der Waals surface area contributed by atoms with Crippen LogP contribution >= 0.6 is 0 Å². The average Bonchev–Trinajstić information content (AvgIpc) is 2.32. The van der Waals surface area contributed by atoms with Gasteiger partial charge in [-0.2, -0.15) is 4.98 Å². The van der Waals surface area contributed by atoms with Gasteiger partial charge in [-0.05, 0) is 32.9 Å². The third-order valence-corrected chi connectivity index (χ3v) is 3.47. The minimum absolute atomic E-state index is 0.472. The molecule has 1 fully saturated rings. The molecule has 0 spiro atoms. The lowest BCUT2D eigenvalue weighted by Gasteiger charge is -2.35. The number of hydrogen-bond acceptors (Lipinski definition) is 5. The molecule has 18 heavy (non-hydrogen) atoms. The lowest BCUT2D eigenvalue weighted by Crippen LogP contribution is -2.43. The van der Waals surface area contributed by atoms with Crippen molar-refractivity contribution in [2.24, 2.45) is 5.92 Å². The van der Waals surface area contributed by atoms with Crippen LogP contribution in [0.4, 0.5) is 5.82 Å². The second kappa shape index (κ2) is 5.52. The molecule has 100 valence electrons. The molecule has 1 aromatic rings. The van der Waals surface area contributed by atoms with Gasteiger partial charge < -0.3 is 15.0 Å². The van der Waals surface area contributed by atoms with E-state index in [1.807, 2.05) is 13.0 Å². The van der Waals surface area contributed by atoms with E-state index in [1.165, 1.54) is 0 Å². The summed E-state index contributed by atoms with van der Waals surface area (Å²) in [5.74, 6) is 2.83. The lowest BCUT2D eigenvalue weighted by atomic mass is 9.94. The van der Waals surface area contributed by atoms with Crippen molar-refractivity contribution in [3.63, 3.8) is 0 Å².